The molecule has 2 unspecified atom stereocenters. The van der Waals surface area contributed by atoms with Crippen LogP contribution in [0, 0.1) is 70.4 Å². The van der Waals surface area contributed by atoms with Gasteiger partial charge >= 0.3 is 0 Å². The first-order chi connectivity index (χ1) is 16.4. The summed E-state index contributed by atoms with van der Waals surface area (Å²) in [6.07, 6.45) is 9.69. The zero-order valence-electron chi connectivity index (χ0n) is 20.8. The second-order valence-electron chi connectivity index (χ2n) is 13.2. The number of aromatic nitrogens is 3. The lowest BCUT2D eigenvalue weighted by atomic mass is 9.47. The molecule has 0 N–H and O–H groups in total. The molecule has 11 atom stereocenters. The Hall–Kier alpha value is -1.78. The Balaban J connectivity index is 1.16. The van der Waals surface area contributed by atoms with E-state index in [1.165, 1.54) is 57.1 Å². The number of ketones is 1. The highest BCUT2D eigenvalue weighted by molar-refractivity contribution is 5.85. The van der Waals surface area contributed by atoms with Gasteiger partial charge in [0.25, 0.3) is 0 Å². The van der Waals surface area contributed by atoms with Crippen molar-refractivity contribution in [3.63, 3.8) is 0 Å². The van der Waals surface area contributed by atoms with E-state index in [2.05, 4.69) is 31.1 Å². The fourth-order valence-electron chi connectivity index (χ4n) is 10.4. The Morgan fingerprint density at radius 1 is 1.09 bits per heavy atom. The molecule has 5 heteroatoms. The largest absolute Gasteiger partial charge is 0.297 e. The molecule has 5 aliphatic rings. The first kappa shape index (κ1) is 21.5. The zero-order chi connectivity index (χ0) is 23.4. The maximum Gasteiger partial charge on any atom is 0.158 e. The van der Waals surface area contributed by atoms with Crippen molar-refractivity contribution in [2.24, 2.45) is 64.6 Å². The lowest BCUT2D eigenvalue weighted by Gasteiger charge is -2.57. The van der Waals surface area contributed by atoms with Crippen LogP contribution in [-0.4, -0.2) is 20.8 Å². The molecular weight excluding hydrogens is 425 g/mol. The molecule has 0 amide bonds. The number of hydrogen-bond donors (Lipinski definition) is 0. The van der Waals surface area contributed by atoms with E-state index < -0.39 is 0 Å². The van der Waals surface area contributed by atoms with Gasteiger partial charge in [-0.3, -0.25) is 4.79 Å². The molecule has 5 aliphatic carbocycles. The lowest BCUT2D eigenvalue weighted by Crippen LogP contribution is -2.51. The molecule has 34 heavy (non-hydrogen) atoms. The van der Waals surface area contributed by atoms with Gasteiger partial charge in [-0.15, -0.1) is 5.10 Å². The number of rotatable bonds is 3. The molecule has 5 fully saturated rings. The van der Waals surface area contributed by atoms with Crippen LogP contribution in [0.3, 0.4) is 0 Å². The minimum atomic E-state index is -0.314. The molecule has 0 saturated heterocycles. The van der Waals surface area contributed by atoms with E-state index in [9.17, 15) is 9.18 Å². The molecule has 0 bridgehead atoms. The zero-order valence-corrected chi connectivity index (χ0v) is 20.8. The first-order valence-electron chi connectivity index (χ1n) is 13.9. The van der Waals surface area contributed by atoms with Gasteiger partial charge in [0, 0.05) is 12.0 Å². The molecule has 1 aromatic carbocycles. The summed E-state index contributed by atoms with van der Waals surface area (Å²) in [6, 6.07) is 4.54. The molecule has 5 saturated carbocycles. The van der Waals surface area contributed by atoms with Crippen molar-refractivity contribution >= 4 is 16.8 Å². The Morgan fingerprint density at radius 2 is 1.91 bits per heavy atom. The Bertz CT molecular complexity index is 1140. The molecular formula is C29H38FN3O. The van der Waals surface area contributed by atoms with Crippen LogP contribution in [0.5, 0.6) is 0 Å². The summed E-state index contributed by atoms with van der Waals surface area (Å²) < 4.78 is 15.3. The van der Waals surface area contributed by atoms with Crippen molar-refractivity contribution < 1.29 is 9.18 Å². The van der Waals surface area contributed by atoms with Gasteiger partial charge in [0.2, 0.25) is 0 Å². The van der Waals surface area contributed by atoms with Crippen LogP contribution >= 0.6 is 0 Å². The molecule has 0 aliphatic heterocycles. The maximum absolute atomic E-state index is 13.9. The van der Waals surface area contributed by atoms with Crippen molar-refractivity contribution in [1.29, 1.82) is 0 Å². The summed E-state index contributed by atoms with van der Waals surface area (Å²) >= 11 is 0. The Labute approximate surface area is 202 Å². The second kappa shape index (κ2) is 7.36. The van der Waals surface area contributed by atoms with E-state index in [4.69, 9.17) is 0 Å². The third-order valence-corrected chi connectivity index (χ3v) is 11.7. The summed E-state index contributed by atoms with van der Waals surface area (Å²) in [5, 5.41) is 8.35. The van der Waals surface area contributed by atoms with Gasteiger partial charge in [-0.25, -0.2) is 9.07 Å². The summed E-state index contributed by atoms with van der Waals surface area (Å²) in [5.41, 5.74) is 1.42. The van der Waals surface area contributed by atoms with Gasteiger partial charge in [0.05, 0.1) is 5.52 Å². The van der Waals surface area contributed by atoms with Crippen LogP contribution in [0.2, 0.25) is 0 Å². The number of nitrogens with zero attached hydrogens (tertiary/aromatic N) is 3. The van der Waals surface area contributed by atoms with Crippen LogP contribution in [0.25, 0.3) is 11.0 Å². The van der Waals surface area contributed by atoms with Crippen molar-refractivity contribution in [1.82, 2.24) is 15.0 Å². The molecule has 4 nitrogen and oxygen atoms in total. The second-order valence-corrected chi connectivity index (χ2v) is 13.2. The van der Waals surface area contributed by atoms with E-state index in [-0.39, 0.29) is 23.7 Å². The average Bonchev–Trinajstić information content (AvgIpc) is 3.14. The Kier molecular flexibility index (Phi) is 4.66. The van der Waals surface area contributed by atoms with E-state index in [1.54, 1.807) is 10.7 Å². The number of halogens is 1. The van der Waals surface area contributed by atoms with E-state index >= 15 is 0 Å². The smallest absolute Gasteiger partial charge is 0.158 e. The quantitative estimate of drug-likeness (QED) is 0.549. The highest BCUT2D eigenvalue weighted by Gasteiger charge is 2.73. The normalized spacial score (nSPS) is 46.9. The third kappa shape index (κ3) is 2.91. The SMILES string of the molecule is C[C@H]1CC[C@@H]2C3CC[C@@]4(C)C([C@@H]3CC[C@@H]2C1)[C@@H]1[C@H](C)[C@@H]1[C@@H]4C(=O)Cn1nnc2cc(F)ccc21. The van der Waals surface area contributed by atoms with Gasteiger partial charge in [0.1, 0.15) is 17.9 Å². The number of fused-ring (bicyclic) bond motifs is 8. The highest BCUT2D eigenvalue weighted by Crippen LogP contribution is 2.76. The molecule has 2 aromatic rings. The standard InChI is InChI=1S/C29H38FN3O/c1-15-4-7-19-17(12-15)5-8-21-20(19)10-11-29(3)27(21)25-16(2)26(25)28(29)24(34)14-33-23-9-6-18(30)13-22(23)31-32-33/h6,9,13,15-17,19-21,25-28H,4-5,7-8,10-12,14H2,1-3H3/t15-,16-,17+,19-,20?,21+,25+,26-,27?,28-,29-/m0/s1. The van der Waals surface area contributed by atoms with Crippen LogP contribution in [0.1, 0.15) is 65.7 Å². The van der Waals surface area contributed by atoms with Crippen LogP contribution in [0.15, 0.2) is 18.2 Å². The lowest BCUT2D eigenvalue weighted by molar-refractivity contribution is -0.135. The Morgan fingerprint density at radius 3 is 2.76 bits per heavy atom. The van der Waals surface area contributed by atoms with Crippen LogP contribution in [-0.2, 0) is 11.3 Å². The predicted molar refractivity (Wildman–Crippen MR) is 129 cm³/mol. The molecule has 1 heterocycles. The van der Waals surface area contributed by atoms with Gasteiger partial charge in [-0.05, 0) is 109 Å². The van der Waals surface area contributed by atoms with Gasteiger partial charge in [-0.1, -0.05) is 32.4 Å². The summed E-state index contributed by atoms with van der Waals surface area (Å²) in [7, 11) is 0. The minimum absolute atomic E-state index is 0.136. The predicted octanol–water partition coefficient (Wildman–Crippen LogP) is 6.15. The summed E-state index contributed by atoms with van der Waals surface area (Å²) in [6.45, 7) is 7.60. The number of carbonyl (C=O) groups excluding carboxylic acids is 1. The number of Topliss-reactive ketones (excluding diaryl/α,β-unsaturated/α-hetero) is 1. The maximum atomic E-state index is 13.9. The van der Waals surface area contributed by atoms with E-state index in [0.717, 1.165) is 46.9 Å². The first-order valence-corrected chi connectivity index (χ1v) is 13.9. The third-order valence-electron chi connectivity index (χ3n) is 11.7. The van der Waals surface area contributed by atoms with Gasteiger partial charge in [0.15, 0.2) is 5.78 Å². The molecule has 0 radical (unpaired) electrons. The summed E-state index contributed by atoms with van der Waals surface area (Å²) in [4.78, 5) is 13.9. The highest BCUT2D eigenvalue weighted by atomic mass is 19.1. The number of hydrogen-bond acceptors (Lipinski definition) is 3. The number of carbonyl (C=O) groups is 1. The monoisotopic (exact) mass is 463 g/mol. The molecule has 1 aromatic heterocycles. The number of benzene rings is 1. The molecule has 0 spiro atoms. The fourth-order valence-corrected chi connectivity index (χ4v) is 10.4. The molecule has 7 rings (SSSR count). The van der Waals surface area contributed by atoms with Gasteiger partial charge < -0.3 is 0 Å². The van der Waals surface area contributed by atoms with E-state index in [0.29, 0.717) is 23.1 Å². The van der Waals surface area contributed by atoms with Gasteiger partial charge in [-0.2, -0.15) is 0 Å². The van der Waals surface area contributed by atoms with Crippen LogP contribution in [0.4, 0.5) is 4.39 Å². The average molecular weight is 464 g/mol. The minimum Gasteiger partial charge on any atom is -0.297 e. The van der Waals surface area contributed by atoms with E-state index in [1.807, 2.05) is 0 Å². The summed E-state index contributed by atoms with van der Waals surface area (Å²) in [5.74, 6) is 7.42. The van der Waals surface area contributed by atoms with Crippen molar-refractivity contribution in [3.8, 4) is 0 Å². The van der Waals surface area contributed by atoms with Crippen molar-refractivity contribution in [3.05, 3.63) is 24.0 Å². The van der Waals surface area contributed by atoms with Crippen molar-refractivity contribution in [2.75, 3.05) is 0 Å². The fraction of sp³-hybridized carbons (Fsp3) is 0.759. The van der Waals surface area contributed by atoms with Crippen molar-refractivity contribution in [2.45, 2.75) is 72.3 Å². The van der Waals surface area contributed by atoms with Crippen LogP contribution < -0.4 is 0 Å². The topological polar surface area (TPSA) is 47.8 Å². The molecule has 182 valence electrons.